The Morgan fingerprint density at radius 3 is 2.52 bits per heavy atom. The fraction of sp³-hybridized carbons (Fsp3) is 0.318. The van der Waals surface area contributed by atoms with Gasteiger partial charge in [0.15, 0.2) is 0 Å². The predicted molar refractivity (Wildman–Crippen MR) is 109 cm³/mol. The van der Waals surface area contributed by atoms with Crippen molar-refractivity contribution in [3.05, 3.63) is 48.3 Å². The number of carbonyl (C=O) groups excluding carboxylic acids is 2. The number of esters is 2. The third kappa shape index (κ3) is 4.39. The third-order valence-electron chi connectivity index (χ3n) is 4.27. The minimum Gasteiger partial charge on any atom is -0.497 e. The minimum atomic E-state index is -0.626. The van der Waals surface area contributed by atoms with Gasteiger partial charge in [-0.25, -0.2) is 4.79 Å². The van der Waals surface area contributed by atoms with E-state index in [4.69, 9.17) is 14.2 Å². The first kappa shape index (κ1) is 20.4. The molecule has 2 heterocycles. The second-order valence-electron chi connectivity index (χ2n) is 7.52. The maximum absolute atomic E-state index is 12.4. The van der Waals surface area contributed by atoms with Crippen molar-refractivity contribution < 1.29 is 23.8 Å². The lowest BCUT2D eigenvalue weighted by Crippen LogP contribution is -2.27. The molecule has 0 unspecified atom stereocenters. The van der Waals surface area contributed by atoms with E-state index in [0.717, 1.165) is 10.9 Å². The number of ether oxygens (including phenoxy) is 3. The van der Waals surface area contributed by atoms with E-state index in [0.29, 0.717) is 17.0 Å². The molecule has 7 nitrogen and oxygen atoms in total. The number of hydrogen-bond donors (Lipinski definition) is 0. The Bertz CT molecular complexity index is 1060. The van der Waals surface area contributed by atoms with Crippen molar-refractivity contribution in [1.82, 2.24) is 9.55 Å². The monoisotopic (exact) mass is 396 g/mol. The molecule has 0 spiro atoms. The first-order valence-corrected chi connectivity index (χ1v) is 9.16. The molecule has 0 radical (unpaired) electrons. The third-order valence-corrected chi connectivity index (χ3v) is 4.27. The summed E-state index contributed by atoms with van der Waals surface area (Å²) in [6, 6.07) is 10.9. The summed E-state index contributed by atoms with van der Waals surface area (Å²) < 4.78 is 17.2. The predicted octanol–water partition coefficient (Wildman–Crippen LogP) is 3.84. The molecule has 29 heavy (non-hydrogen) atoms. The smallest absolute Gasteiger partial charge is 0.354 e. The van der Waals surface area contributed by atoms with Gasteiger partial charge in [-0.1, -0.05) is 12.1 Å². The maximum atomic E-state index is 12.4. The van der Waals surface area contributed by atoms with E-state index in [1.54, 1.807) is 50.8 Å². The summed E-state index contributed by atoms with van der Waals surface area (Å²) in [5.74, 6) is -0.288. The van der Waals surface area contributed by atoms with E-state index in [9.17, 15) is 9.59 Å². The molecule has 0 N–H and O–H groups in total. The number of hydrogen-bond acceptors (Lipinski definition) is 6. The lowest BCUT2D eigenvalue weighted by Gasteiger charge is -2.20. The second-order valence-corrected chi connectivity index (χ2v) is 7.52. The highest BCUT2D eigenvalue weighted by Crippen LogP contribution is 2.31. The Morgan fingerprint density at radius 1 is 1.10 bits per heavy atom. The lowest BCUT2D eigenvalue weighted by atomic mass is 10.1. The highest BCUT2D eigenvalue weighted by Gasteiger charge is 2.23. The molecule has 0 amide bonds. The van der Waals surface area contributed by atoms with E-state index in [1.807, 2.05) is 24.3 Å². The van der Waals surface area contributed by atoms with Crippen molar-refractivity contribution in [3.63, 3.8) is 0 Å². The van der Waals surface area contributed by atoms with Crippen LogP contribution in [-0.4, -0.2) is 41.3 Å². The molecule has 152 valence electrons. The standard InChI is InChI=1S/C22H24N2O5/c1-22(2,3)29-19(25)13-24-17-9-10-23-20(14-7-6-8-15(11-14)27-4)16(17)12-18(24)21(26)28-5/h6-12H,13H2,1-5H3. The molecule has 0 saturated carbocycles. The van der Waals surface area contributed by atoms with Crippen LogP contribution in [0.5, 0.6) is 5.75 Å². The van der Waals surface area contributed by atoms with Gasteiger partial charge in [-0.15, -0.1) is 0 Å². The summed E-state index contributed by atoms with van der Waals surface area (Å²) >= 11 is 0. The van der Waals surface area contributed by atoms with E-state index in [2.05, 4.69) is 4.98 Å². The number of methoxy groups -OCH3 is 2. The highest BCUT2D eigenvalue weighted by atomic mass is 16.6. The van der Waals surface area contributed by atoms with Gasteiger partial charge < -0.3 is 18.8 Å². The van der Waals surface area contributed by atoms with Crippen LogP contribution in [0.15, 0.2) is 42.6 Å². The number of benzene rings is 1. The lowest BCUT2D eigenvalue weighted by molar-refractivity contribution is -0.155. The van der Waals surface area contributed by atoms with Crippen LogP contribution >= 0.6 is 0 Å². The fourth-order valence-corrected chi connectivity index (χ4v) is 3.13. The summed E-state index contributed by atoms with van der Waals surface area (Å²) in [4.78, 5) is 29.3. The topological polar surface area (TPSA) is 79.7 Å². The zero-order valence-corrected chi connectivity index (χ0v) is 17.2. The number of carbonyl (C=O) groups is 2. The summed E-state index contributed by atoms with van der Waals surface area (Å²) in [5.41, 5.74) is 1.82. The molecule has 0 aliphatic carbocycles. The quantitative estimate of drug-likeness (QED) is 0.610. The van der Waals surface area contributed by atoms with Gasteiger partial charge in [-0.2, -0.15) is 0 Å². The summed E-state index contributed by atoms with van der Waals surface area (Å²) in [6.07, 6.45) is 1.64. The van der Waals surface area contributed by atoms with Crippen molar-refractivity contribution in [2.45, 2.75) is 32.9 Å². The van der Waals surface area contributed by atoms with Gasteiger partial charge in [0, 0.05) is 17.1 Å². The molecule has 1 aromatic carbocycles. The van der Waals surface area contributed by atoms with Crippen LogP contribution in [-0.2, 0) is 20.8 Å². The molecule has 3 rings (SSSR count). The Labute approximate surface area is 169 Å². The Hall–Kier alpha value is -3.35. The van der Waals surface area contributed by atoms with Gasteiger partial charge in [0.2, 0.25) is 0 Å². The van der Waals surface area contributed by atoms with Crippen molar-refractivity contribution in [2.24, 2.45) is 0 Å². The van der Waals surface area contributed by atoms with Gasteiger partial charge in [0.05, 0.1) is 25.4 Å². The van der Waals surface area contributed by atoms with Gasteiger partial charge in [-0.05, 0) is 45.0 Å². The Balaban J connectivity index is 2.15. The maximum Gasteiger partial charge on any atom is 0.354 e. The van der Waals surface area contributed by atoms with Gasteiger partial charge in [0.25, 0.3) is 0 Å². The Kier molecular flexibility index (Phi) is 5.59. The molecule has 2 aromatic heterocycles. The Morgan fingerprint density at radius 2 is 1.86 bits per heavy atom. The van der Waals surface area contributed by atoms with E-state index in [-0.39, 0.29) is 12.2 Å². The summed E-state index contributed by atoms with van der Waals surface area (Å²) in [5, 5.41) is 0.727. The molecule has 0 saturated heterocycles. The van der Waals surface area contributed by atoms with Crippen LogP contribution in [0.3, 0.4) is 0 Å². The molecule has 0 aliphatic rings. The van der Waals surface area contributed by atoms with Crippen LogP contribution in [0.1, 0.15) is 31.3 Å². The van der Waals surface area contributed by atoms with E-state index >= 15 is 0 Å². The van der Waals surface area contributed by atoms with Crippen LogP contribution < -0.4 is 4.74 Å². The minimum absolute atomic E-state index is 0.118. The van der Waals surface area contributed by atoms with Crippen molar-refractivity contribution in [2.75, 3.05) is 14.2 Å². The fourth-order valence-electron chi connectivity index (χ4n) is 3.13. The van der Waals surface area contributed by atoms with Gasteiger partial charge in [-0.3, -0.25) is 9.78 Å². The first-order chi connectivity index (χ1) is 13.7. The van der Waals surface area contributed by atoms with Crippen molar-refractivity contribution >= 4 is 22.8 Å². The van der Waals surface area contributed by atoms with Gasteiger partial charge in [0.1, 0.15) is 23.6 Å². The van der Waals surface area contributed by atoms with Crippen LogP contribution in [0.2, 0.25) is 0 Å². The molecule has 0 bridgehead atoms. The molecule has 3 aromatic rings. The number of fused-ring (bicyclic) bond motifs is 1. The number of pyridine rings is 1. The molecule has 0 fully saturated rings. The number of nitrogens with zero attached hydrogens (tertiary/aromatic N) is 2. The van der Waals surface area contributed by atoms with Crippen molar-refractivity contribution in [1.29, 1.82) is 0 Å². The normalized spacial score (nSPS) is 11.3. The van der Waals surface area contributed by atoms with E-state index in [1.165, 1.54) is 7.11 Å². The zero-order valence-electron chi connectivity index (χ0n) is 17.2. The summed E-state index contributed by atoms with van der Waals surface area (Å²) in [7, 11) is 2.90. The van der Waals surface area contributed by atoms with Gasteiger partial charge >= 0.3 is 11.9 Å². The zero-order chi connectivity index (χ0) is 21.2. The molecule has 7 heteroatoms. The van der Waals surface area contributed by atoms with Crippen LogP contribution in [0.25, 0.3) is 22.2 Å². The number of aromatic nitrogens is 2. The van der Waals surface area contributed by atoms with E-state index < -0.39 is 17.5 Å². The highest BCUT2D eigenvalue weighted by molar-refractivity contribution is 6.01. The first-order valence-electron chi connectivity index (χ1n) is 9.16. The van der Waals surface area contributed by atoms with Crippen LogP contribution in [0, 0.1) is 0 Å². The molecule has 0 aliphatic heterocycles. The van der Waals surface area contributed by atoms with Crippen molar-refractivity contribution in [3.8, 4) is 17.0 Å². The molecular formula is C22H24N2O5. The number of rotatable bonds is 5. The largest absolute Gasteiger partial charge is 0.497 e. The summed E-state index contributed by atoms with van der Waals surface area (Å²) in [6.45, 7) is 5.27. The second kappa shape index (κ2) is 7.95. The van der Waals surface area contributed by atoms with Crippen LogP contribution in [0.4, 0.5) is 0 Å². The molecule has 0 atom stereocenters. The SMILES string of the molecule is COC(=O)c1cc2c(-c3cccc(OC)c3)nccc2n1CC(=O)OC(C)(C)C. The average Bonchev–Trinajstić information content (AvgIpc) is 3.04. The molecular weight excluding hydrogens is 372 g/mol. The average molecular weight is 396 g/mol.